The lowest BCUT2D eigenvalue weighted by Gasteiger charge is -2.32. The van der Waals surface area contributed by atoms with Crippen molar-refractivity contribution in [1.82, 2.24) is 10.2 Å². The second-order valence-electron chi connectivity index (χ2n) is 6.38. The molecule has 2 N–H and O–H groups in total. The van der Waals surface area contributed by atoms with Crippen LogP contribution in [-0.2, 0) is 11.2 Å². The van der Waals surface area contributed by atoms with E-state index >= 15 is 0 Å². The van der Waals surface area contributed by atoms with Crippen LogP contribution in [0.3, 0.4) is 0 Å². The van der Waals surface area contributed by atoms with Crippen LogP contribution in [0, 0.1) is 12.8 Å². The number of likely N-dealkylation sites (tertiary alicyclic amines) is 1. The number of hydrogen-bond donors (Lipinski definition) is 2. The molecule has 0 bridgehead atoms. The summed E-state index contributed by atoms with van der Waals surface area (Å²) in [7, 11) is 0. The molecule has 1 aromatic carbocycles. The number of carbonyl (C=O) groups is 1. The summed E-state index contributed by atoms with van der Waals surface area (Å²) in [4.78, 5) is 14.2. The maximum Gasteiger partial charge on any atom is 0.234 e. The summed E-state index contributed by atoms with van der Waals surface area (Å²) in [5.74, 6) is 0.490. The van der Waals surface area contributed by atoms with Gasteiger partial charge in [-0.1, -0.05) is 24.3 Å². The Kier molecular flexibility index (Phi) is 6.40. The number of benzene rings is 1. The van der Waals surface area contributed by atoms with Crippen molar-refractivity contribution >= 4 is 5.91 Å². The Morgan fingerprint density at radius 3 is 2.68 bits per heavy atom. The number of nitrogens with one attached hydrogen (secondary N) is 1. The molecule has 22 heavy (non-hydrogen) atoms. The molecule has 1 heterocycles. The number of nitrogens with zero attached hydrogens (tertiary/aromatic N) is 1. The molecule has 1 aromatic rings. The van der Waals surface area contributed by atoms with Gasteiger partial charge in [0.05, 0.1) is 12.6 Å². The first-order valence-corrected chi connectivity index (χ1v) is 8.28. The molecule has 1 fully saturated rings. The van der Waals surface area contributed by atoms with Crippen LogP contribution in [0.1, 0.15) is 30.9 Å². The topological polar surface area (TPSA) is 52.6 Å². The maximum atomic E-state index is 12.0. The summed E-state index contributed by atoms with van der Waals surface area (Å²) < 4.78 is 0. The van der Waals surface area contributed by atoms with Gasteiger partial charge in [0.1, 0.15) is 0 Å². The predicted molar refractivity (Wildman–Crippen MR) is 88.7 cm³/mol. The van der Waals surface area contributed by atoms with E-state index in [9.17, 15) is 9.90 Å². The summed E-state index contributed by atoms with van der Waals surface area (Å²) in [5, 5.41) is 12.6. The zero-order chi connectivity index (χ0) is 15.9. The quantitative estimate of drug-likeness (QED) is 0.842. The minimum Gasteiger partial charge on any atom is -0.393 e. The van der Waals surface area contributed by atoms with Gasteiger partial charge in [-0.05, 0) is 63.2 Å². The monoisotopic (exact) mass is 304 g/mol. The summed E-state index contributed by atoms with van der Waals surface area (Å²) in [6.45, 7) is 6.93. The molecule has 0 radical (unpaired) electrons. The highest BCUT2D eigenvalue weighted by atomic mass is 16.3. The van der Waals surface area contributed by atoms with E-state index in [0.717, 1.165) is 32.4 Å². The minimum absolute atomic E-state index is 0.101. The van der Waals surface area contributed by atoms with Crippen molar-refractivity contribution in [2.75, 3.05) is 26.2 Å². The van der Waals surface area contributed by atoms with Crippen molar-refractivity contribution < 1.29 is 9.90 Å². The number of hydrogen-bond acceptors (Lipinski definition) is 3. The van der Waals surface area contributed by atoms with Gasteiger partial charge in [-0.15, -0.1) is 0 Å². The highest BCUT2D eigenvalue weighted by Gasteiger charge is 2.23. The Balaban J connectivity index is 1.65. The third-order valence-electron chi connectivity index (χ3n) is 4.66. The Morgan fingerprint density at radius 2 is 2.05 bits per heavy atom. The van der Waals surface area contributed by atoms with Gasteiger partial charge >= 0.3 is 0 Å². The number of carbonyl (C=O) groups excluding carboxylic acids is 1. The molecule has 0 saturated carbocycles. The molecule has 1 aliphatic rings. The molecule has 2 rings (SSSR count). The van der Waals surface area contributed by atoms with E-state index in [4.69, 9.17) is 0 Å². The molecule has 1 unspecified atom stereocenters. The first-order valence-electron chi connectivity index (χ1n) is 8.28. The second-order valence-corrected chi connectivity index (χ2v) is 6.38. The molecule has 122 valence electrons. The van der Waals surface area contributed by atoms with Crippen molar-refractivity contribution in [1.29, 1.82) is 0 Å². The van der Waals surface area contributed by atoms with Gasteiger partial charge in [0.25, 0.3) is 0 Å². The third-order valence-corrected chi connectivity index (χ3v) is 4.66. The van der Waals surface area contributed by atoms with Crippen LogP contribution in [0.4, 0.5) is 0 Å². The van der Waals surface area contributed by atoms with E-state index in [-0.39, 0.29) is 12.0 Å². The van der Waals surface area contributed by atoms with Gasteiger partial charge in [-0.25, -0.2) is 0 Å². The summed E-state index contributed by atoms with van der Waals surface area (Å²) in [6.07, 6.45) is 2.61. The first-order chi connectivity index (χ1) is 10.6. The van der Waals surface area contributed by atoms with E-state index in [2.05, 4.69) is 29.3 Å². The van der Waals surface area contributed by atoms with Crippen LogP contribution >= 0.6 is 0 Å². The number of rotatable bonds is 6. The average Bonchev–Trinajstić information content (AvgIpc) is 2.50. The molecule has 1 amide bonds. The third kappa shape index (κ3) is 5.11. The smallest absolute Gasteiger partial charge is 0.234 e. The Morgan fingerprint density at radius 1 is 1.36 bits per heavy atom. The van der Waals surface area contributed by atoms with Crippen LogP contribution in [0.2, 0.25) is 0 Å². The van der Waals surface area contributed by atoms with Crippen molar-refractivity contribution in [3.63, 3.8) is 0 Å². The fourth-order valence-electron chi connectivity index (χ4n) is 3.08. The Hall–Kier alpha value is -1.39. The minimum atomic E-state index is -0.231. The van der Waals surface area contributed by atoms with Crippen LogP contribution in [0.25, 0.3) is 0 Å². The van der Waals surface area contributed by atoms with Gasteiger partial charge in [0.15, 0.2) is 0 Å². The summed E-state index contributed by atoms with van der Waals surface area (Å²) in [6, 6.07) is 8.29. The lowest BCUT2D eigenvalue weighted by molar-refractivity contribution is -0.122. The van der Waals surface area contributed by atoms with Gasteiger partial charge in [0, 0.05) is 6.54 Å². The molecule has 4 nitrogen and oxygen atoms in total. The van der Waals surface area contributed by atoms with E-state index in [0.29, 0.717) is 19.0 Å². The van der Waals surface area contributed by atoms with Gasteiger partial charge in [0.2, 0.25) is 5.91 Å². The lowest BCUT2D eigenvalue weighted by atomic mass is 9.92. The predicted octanol–water partition coefficient (Wildman–Crippen LogP) is 1.75. The Labute approximate surface area is 133 Å². The van der Waals surface area contributed by atoms with Crippen molar-refractivity contribution in [3.8, 4) is 0 Å². The molecule has 0 spiro atoms. The fraction of sp³-hybridized carbons (Fsp3) is 0.611. The van der Waals surface area contributed by atoms with Crippen LogP contribution < -0.4 is 5.32 Å². The first kappa shape index (κ1) is 17.0. The molecular formula is C18H28N2O2. The van der Waals surface area contributed by atoms with E-state index in [1.165, 1.54) is 11.1 Å². The van der Waals surface area contributed by atoms with Gasteiger partial charge < -0.3 is 10.4 Å². The molecule has 0 aromatic heterocycles. The summed E-state index contributed by atoms with van der Waals surface area (Å²) >= 11 is 0. The molecule has 4 heteroatoms. The molecule has 1 saturated heterocycles. The number of aryl methyl sites for hydroxylation is 1. The van der Waals surface area contributed by atoms with Gasteiger partial charge in [-0.3, -0.25) is 9.69 Å². The molecule has 0 aliphatic carbocycles. The van der Waals surface area contributed by atoms with Crippen molar-refractivity contribution in [2.45, 2.75) is 39.2 Å². The zero-order valence-corrected chi connectivity index (χ0v) is 13.7. The van der Waals surface area contributed by atoms with Crippen LogP contribution in [0.5, 0.6) is 0 Å². The second kappa shape index (κ2) is 8.30. The lowest BCUT2D eigenvalue weighted by Crippen LogP contribution is -2.43. The SMILES string of the molecule is Cc1ccccc1CCNC(=O)CN1CCC(C(C)O)CC1. The van der Waals surface area contributed by atoms with Gasteiger partial charge in [-0.2, -0.15) is 0 Å². The number of aliphatic hydroxyl groups is 1. The van der Waals surface area contributed by atoms with E-state index in [1.807, 2.05) is 19.1 Å². The maximum absolute atomic E-state index is 12.0. The highest BCUT2D eigenvalue weighted by molar-refractivity contribution is 5.78. The molecule has 1 aliphatic heterocycles. The largest absolute Gasteiger partial charge is 0.393 e. The average molecular weight is 304 g/mol. The van der Waals surface area contributed by atoms with E-state index < -0.39 is 0 Å². The highest BCUT2D eigenvalue weighted by Crippen LogP contribution is 2.20. The van der Waals surface area contributed by atoms with Crippen LogP contribution in [0.15, 0.2) is 24.3 Å². The van der Waals surface area contributed by atoms with E-state index in [1.54, 1.807) is 0 Å². The molecule has 1 atom stereocenters. The van der Waals surface area contributed by atoms with Crippen molar-refractivity contribution in [2.24, 2.45) is 5.92 Å². The molecular weight excluding hydrogens is 276 g/mol. The van der Waals surface area contributed by atoms with Crippen LogP contribution in [-0.4, -0.2) is 48.2 Å². The number of amides is 1. The number of piperidine rings is 1. The normalized spacial score (nSPS) is 18.1. The summed E-state index contributed by atoms with van der Waals surface area (Å²) in [5.41, 5.74) is 2.57. The fourth-order valence-corrected chi connectivity index (χ4v) is 3.08. The Bertz CT molecular complexity index is 480. The number of aliphatic hydroxyl groups excluding tert-OH is 1. The standard InChI is InChI=1S/C18H28N2O2/c1-14-5-3-4-6-16(14)7-10-19-18(22)13-20-11-8-17(9-12-20)15(2)21/h3-6,15,17,21H,7-13H2,1-2H3,(H,19,22). The zero-order valence-electron chi connectivity index (χ0n) is 13.7. The van der Waals surface area contributed by atoms with Crippen molar-refractivity contribution in [3.05, 3.63) is 35.4 Å².